The number of anilines is 1. The molecule has 1 aromatic heterocycles. The molecule has 3 heterocycles. The largest absolute Gasteiger partial charge is 0.490 e. The van der Waals surface area contributed by atoms with Gasteiger partial charge in [-0.3, -0.25) is 14.6 Å². The summed E-state index contributed by atoms with van der Waals surface area (Å²) in [5, 5.41) is 2.57. The lowest BCUT2D eigenvalue weighted by molar-refractivity contribution is -0.118. The Balaban J connectivity index is 1.18. The summed E-state index contributed by atoms with van der Waals surface area (Å²) in [6.45, 7) is 2.67. The second kappa shape index (κ2) is 8.74. The van der Waals surface area contributed by atoms with Crippen molar-refractivity contribution in [2.24, 2.45) is 5.92 Å². The maximum absolute atomic E-state index is 14.6. The maximum Gasteiger partial charge on any atom is 0.262 e. The third-order valence-corrected chi connectivity index (χ3v) is 5.93. The molecule has 1 N–H and O–H groups in total. The Morgan fingerprint density at radius 2 is 2.03 bits per heavy atom. The number of ether oxygens (including phenoxy) is 2. The lowest BCUT2D eigenvalue weighted by atomic mass is 9.99. The SMILES string of the molecule is Cc1ccncc1-c1ccc(OCC2CN(C(=O)c3cc4c(cc3F)OCC(=O)N4)C2)c(F)c1. The summed E-state index contributed by atoms with van der Waals surface area (Å²) in [6, 6.07) is 9.02. The molecule has 7 nitrogen and oxygen atoms in total. The van der Waals surface area contributed by atoms with Crippen molar-refractivity contribution in [3.8, 4) is 22.6 Å². The standard InChI is InChI=1S/C25H21F2N3O4/c1-14-4-5-28-9-18(14)16-2-3-22(20(27)6-16)33-12-15-10-30(11-15)25(32)17-7-21-23(8-19(17)26)34-13-24(31)29-21/h2-9,15H,10-13H2,1H3,(H,29,31). The number of nitrogens with zero attached hydrogens (tertiary/aromatic N) is 2. The van der Waals surface area contributed by atoms with Crippen LogP contribution in [0.3, 0.4) is 0 Å². The number of aromatic nitrogens is 1. The number of carbonyl (C=O) groups is 2. The first-order valence-electron chi connectivity index (χ1n) is 10.8. The average Bonchev–Trinajstić information content (AvgIpc) is 2.79. The number of hydrogen-bond donors (Lipinski definition) is 1. The zero-order valence-electron chi connectivity index (χ0n) is 18.3. The minimum absolute atomic E-state index is 0.00711. The van der Waals surface area contributed by atoms with E-state index in [-0.39, 0.29) is 47.8 Å². The average molecular weight is 465 g/mol. The Labute approximate surface area is 194 Å². The molecule has 1 fully saturated rings. The highest BCUT2D eigenvalue weighted by molar-refractivity contribution is 6.00. The van der Waals surface area contributed by atoms with E-state index in [0.717, 1.165) is 17.2 Å². The highest BCUT2D eigenvalue weighted by Gasteiger charge is 2.34. The molecule has 1 saturated heterocycles. The predicted molar refractivity (Wildman–Crippen MR) is 120 cm³/mol. The van der Waals surface area contributed by atoms with Crippen molar-refractivity contribution in [1.82, 2.24) is 9.88 Å². The number of amides is 2. The lowest BCUT2D eigenvalue weighted by Gasteiger charge is -2.39. The Bertz CT molecular complexity index is 1290. The molecule has 0 bridgehead atoms. The van der Waals surface area contributed by atoms with Crippen LogP contribution in [-0.2, 0) is 4.79 Å². The van der Waals surface area contributed by atoms with Gasteiger partial charge in [0.1, 0.15) is 11.6 Å². The molecule has 2 aliphatic rings. The van der Waals surface area contributed by atoms with Gasteiger partial charge in [0, 0.05) is 43.0 Å². The van der Waals surface area contributed by atoms with Crippen LogP contribution in [-0.4, -0.2) is 48.0 Å². The van der Waals surface area contributed by atoms with E-state index >= 15 is 0 Å². The van der Waals surface area contributed by atoms with Gasteiger partial charge in [-0.05, 0) is 42.3 Å². The number of halogens is 2. The number of aryl methyl sites for hydroxylation is 1. The van der Waals surface area contributed by atoms with E-state index in [2.05, 4.69) is 10.3 Å². The van der Waals surface area contributed by atoms with E-state index in [1.54, 1.807) is 24.5 Å². The Kier molecular flexibility index (Phi) is 5.61. The molecule has 0 aliphatic carbocycles. The minimum Gasteiger partial charge on any atom is -0.490 e. The zero-order valence-corrected chi connectivity index (χ0v) is 18.3. The Hall–Kier alpha value is -4.01. The van der Waals surface area contributed by atoms with Crippen LogP contribution in [0.2, 0.25) is 0 Å². The van der Waals surface area contributed by atoms with Crippen LogP contribution in [0.1, 0.15) is 15.9 Å². The van der Waals surface area contributed by atoms with Crippen molar-refractivity contribution in [3.05, 3.63) is 71.6 Å². The van der Waals surface area contributed by atoms with E-state index in [4.69, 9.17) is 9.47 Å². The fourth-order valence-electron chi connectivity index (χ4n) is 4.04. The fourth-order valence-corrected chi connectivity index (χ4v) is 4.04. The molecule has 174 valence electrons. The number of carbonyl (C=O) groups excluding carboxylic acids is 2. The number of rotatable bonds is 5. The van der Waals surface area contributed by atoms with Gasteiger partial charge in [0.05, 0.1) is 17.9 Å². The summed E-state index contributed by atoms with van der Waals surface area (Å²) in [7, 11) is 0. The van der Waals surface area contributed by atoms with Crippen molar-refractivity contribution in [1.29, 1.82) is 0 Å². The van der Waals surface area contributed by atoms with Crippen LogP contribution in [0.4, 0.5) is 14.5 Å². The van der Waals surface area contributed by atoms with Crippen molar-refractivity contribution in [2.75, 3.05) is 31.6 Å². The van der Waals surface area contributed by atoms with Gasteiger partial charge in [-0.2, -0.15) is 0 Å². The molecule has 34 heavy (non-hydrogen) atoms. The predicted octanol–water partition coefficient (Wildman–Crippen LogP) is 3.82. The molecule has 0 unspecified atom stereocenters. The number of benzene rings is 2. The lowest BCUT2D eigenvalue weighted by Crippen LogP contribution is -2.52. The van der Waals surface area contributed by atoms with Crippen LogP contribution in [0.5, 0.6) is 11.5 Å². The maximum atomic E-state index is 14.6. The molecule has 0 radical (unpaired) electrons. The molecular weight excluding hydrogens is 444 g/mol. The summed E-state index contributed by atoms with van der Waals surface area (Å²) in [6.07, 6.45) is 3.38. The van der Waals surface area contributed by atoms with Crippen LogP contribution in [0.15, 0.2) is 48.8 Å². The van der Waals surface area contributed by atoms with Gasteiger partial charge in [-0.15, -0.1) is 0 Å². The molecule has 0 saturated carbocycles. The van der Waals surface area contributed by atoms with Crippen molar-refractivity contribution in [3.63, 3.8) is 0 Å². The van der Waals surface area contributed by atoms with E-state index in [9.17, 15) is 18.4 Å². The van der Waals surface area contributed by atoms with E-state index < -0.39 is 17.5 Å². The smallest absolute Gasteiger partial charge is 0.262 e. The molecule has 0 spiro atoms. The molecular formula is C25H21F2N3O4. The summed E-state index contributed by atoms with van der Waals surface area (Å²) in [5.74, 6) is -1.73. The molecule has 2 aliphatic heterocycles. The van der Waals surface area contributed by atoms with Crippen LogP contribution in [0, 0.1) is 24.5 Å². The van der Waals surface area contributed by atoms with Gasteiger partial charge in [0.2, 0.25) is 0 Å². The van der Waals surface area contributed by atoms with Gasteiger partial charge < -0.3 is 19.7 Å². The molecule has 3 aromatic rings. The third kappa shape index (κ3) is 4.16. The molecule has 0 atom stereocenters. The van der Waals surface area contributed by atoms with Gasteiger partial charge in [-0.1, -0.05) is 6.07 Å². The van der Waals surface area contributed by atoms with Crippen molar-refractivity contribution >= 4 is 17.5 Å². The quantitative estimate of drug-likeness (QED) is 0.620. The fraction of sp³-hybridized carbons (Fsp3) is 0.240. The van der Waals surface area contributed by atoms with Crippen LogP contribution < -0.4 is 14.8 Å². The summed E-state index contributed by atoms with van der Waals surface area (Å²) in [5.41, 5.74) is 2.68. The van der Waals surface area contributed by atoms with E-state index in [0.29, 0.717) is 18.7 Å². The van der Waals surface area contributed by atoms with Crippen LogP contribution >= 0.6 is 0 Å². The highest BCUT2D eigenvalue weighted by Crippen LogP contribution is 2.32. The van der Waals surface area contributed by atoms with E-state index in [1.807, 2.05) is 13.0 Å². The topological polar surface area (TPSA) is 80.8 Å². The first kappa shape index (κ1) is 21.8. The van der Waals surface area contributed by atoms with Gasteiger partial charge in [-0.25, -0.2) is 8.78 Å². The van der Waals surface area contributed by atoms with Crippen molar-refractivity contribution in [2.45, 2.75) is 6.92 Å². The molecule has 2 amide bonds. The normalized spacial score (nSPS) is 15.1. The van der Waals surface area contributed by atoms with Crippen molar-refractivity contribution < 1.29 is 27.8 Å². The molecule has 2 aromatic carbocycles. The third-order valence-electron chi connectivity index (χ3n) is 5.93. The van der Waals surface area contributed by atoms with Gasteiger partial charge in [0.15, 0.2) is 18.2 Å². The zero-order chi connectivity index (χ0) is 23.8. The number of nitrogens with one attached hydrogen (secondary N) is 1. The number of hydrogen-bond acceptors (Lipinski definition) is 5. The second-order valence-corrected chi connectivity index (χ2v) is 8.39. The first-order chi connectivity index (χ1) is 16.4. The number of fused-ring (bicyclic) bond motifs is 1. The highest BCUT2D eigenvalue weighted by atomic mass is 19.1. The summed E-state index contributed by atoms with van der Waals surface area (Å²) < 4.78 is 39.8. The van der Waals surface area contributed by atoms with Gasteiger partial charge >= 0.3 is 0 Å². The number of likely N-dealkylation sites (tertiary alicyclic amines) is 1. The second-order valence-electron chi connectivity index (χ2n) is 8.39. The first-order valence-corrected chi connectivity index (χ1v) is 10.8. The molecule has 9 heteroatoms. The summed E-state index contributed by atoms with van der Waals surface area (Å²) >= 11 is 0. The summed E-state index contributed by atoms with van der Waals surface area (Å²) in [4.78, 5) is 29.8. The monoisotopic (exact) mass is 465 g/mol. The van der Waals surface area contributed by atoms with Gasteiger partial charge in [0.25, 0.3) is 11.8 Å². The molecule has 5 rings (SSSR count). The minimum atomic E-state index is -0.717. The Morgan fingerprint density at radius 1 is 1.21 bits per heavy atom. The Morgan fingerprint density at radius 3 is 2.79 bits per heavy atom. The van der Waals surface area contributed by atoms with Crippen LogP contribution in [0.25, 0.3) is 11.1 Å². The number of pyridine rings is 1. The van der Waals surface area contributed by atoms with E-state index in [1.165, 1.54) is 17.0 Å².